The van der Waals surface area contributed by atoms with Crippen LogP contribution in [0.1, 0.15) is 63.8 Å². The van der Waals surface area contributed by atoms with Crippen LogP contribution in [-0.4, -0.2) is 21.6 Å². The second-order valence-electron chi connectivity index (χ2n) is 15.7. The monoisotopic (exact) mass is 670 g/mol. The van der Waals surface area contributed by atoms with Gasteiger partial charge in [0.2, 0.25) is 0 Å². The number of pyridine rings is 2. The third kappa shape index (κ3) is 5.81. The van der Waals surface area contributed by atoms with Crippen LogP contribution in [0.15, 0.2) is 116 Å². The van der Waals surface area contributed by atoms with E-state index in [1.807, 2.05) is 24.5 Å². The van der Waals surface area contributed by atoms with E-state index in [2.05, 4.69) is 156 Å². The zero-order valence-corrected chi connectivity index (χ0v) is 30.7. The van der Waals surface area contributed by atoms with Crippen molar-refractivity contribution in [1.29, 1.82) is 0 Å². The van der Waals surface area contributed by atoms with Crippen molar-refractivity contribution in [2.75, 3.05) is 4.81 Å². The van der Waals surface area contributed by atoms with Gasteiger partial charge in [0.15, 0.2) is 5.82 Å². The molecule has 0 saturated heterocycles. The summed E-state index contributed by atoms with van der Waals surface area (Å²) in [6, 6.07) is 36.0. The van der Waals surface area contributed by atoms with Gasteiger partial charge in [-0.2, -0.15) is 0 Å². The number of ether oxygens (including phenoxy) is 1. The molecule has 0 saturated carbocycles. The smallest absolute Gasteiger partial charge is 0.526 e. The largest absolute Gasteiger partial charge is 0.535 e. The van der Waals surface area contributed by atoms with Gasteiger partial charge in [0.05, 0.1) is 11.0 Å². The first-order chi connectivity index (χ1) is 24.4. The molecule has 1 aliphatic rings. The first-order valence-corrected chi connectivity index (χ1v) is 17.7. The van der Waals surface area contributed by atoms with Gasteiger partial charge in [0.1, 0.15) is 23.1 Å². The van der Waals surface area contributed by atoms with Gasteiger partial charge in [-0.15, -0.1) is 0 Å². The van der Waals surface area contributed by atoms with E-state index in [4.69, 9.17) is 19.4 Å². The van der Waals surface area contributed by atoms with Crippen LogP contribution in [-0.2, 0) is 10.8 Å². The molecule has 254 valence electrons. The Labute approximate surface area is 300 Å². The predicted octanol–water partition coefficient (Wildman–Crippen LogP) is 10.5. The summed E-state index contributed by atoms with van der Waals surface area (Å²) in [4.78, 5) is 11.9. The second kappa shape index (κ2) is 12.0. The van der Waals surface area contributed by atoms with Crippen LogP contribution >= 0.6 is 0 Å². The molecule has 51 heavy (non-hydrogen) atoms. The Kier molecular flexibility index (Phi) is 7.71. The second-order valence-corrected chi connectivity index (χ2v) is 15.7. The number of hydrogen-bond donors (Lipinski definition) is 0. The third-order valence-corrected chi connectivity index (χ3v) is 10.00. The molecule has 0 unspecified atom stereocenters. The quantitative estimate of drug-likeness (QED) is 0.171. The van der Waals surface area contributed by atoms with Crippen LogP contribution in [0.25, 0.3) is 27.6 Å². The lowest BCUT2D eigenvalue weighted by Crippen LogP contribution is -2.49. The molecule has 3 aromatic heterocycles. The molecule has 8 rings (SSSR count). The van der Waals surface area contributed by atoms with Crippen LogP contribution < -0.4 is 19.7 Å². The van der Waals surface area contributed by atoms with Gasteiger partial charge in [-0.3, -0.25) is 4.57 Å². The third-order valence-electron chi connectivity index (χ3n) is 10.00. The molecule has 6 nitrogen and oxygen atoms in total. The molecule has 1 aliphatic heterocycles. The van der Waals surface area contributed by atoms with Crippen LogP contribution in [0.2, 0.25) is 0 Å². The number of benzene rings is 4. The summed E-state index contributed by atoms with van der Waals surface area (Å²) in [5.41, 5.74) is 8.83. The SMILES string of the molecule is Cc1cccc(C)c1B1Oc2cccnc2N1c1cc(Oc2ccc3c4ccccc4n(-c4cc(C(C)(C)C)ccn4)c3c2)cc(C(C)(C)C)c1. The first kappa shape index (κ1) is 32.6. The standard InChI is InChI=1S/C44H43BN4O2/c1-28-13-11-14-29(2)41(28)45-49(42-39(51-45)17-12-21-47-42)32-23-31(44(6,7)8)24-34(26-32)50-33-18-19-36-35-15-9-10-16-37(35)48(38(36)27-33)40-25-30(20-22-46-40)43(3,4)5/h9-27H,1-8H3. The van der Waals surface area contributed by atoms with Crippen molar-refractivity contribution in [3.05, 3.63) is 138 Å². The Balaban J connectivity index is 1.27. The summed E-state index contributed by atoms with van der Waals surface area (Å²) >= 11 is 0. The van der Waals surface area contributed by atoms with Gasteiger partial charge < -0.3 is 14.2 Å². The molecule has 0 radical (unpaired) electrons. The van der Waals surface area contributed by atoms with Crippen molar-refractivity contribution in [2.45, 2.75) is 66.2 Å². The van der Waals surface area contributed by atoms with E-state index < -0.39 is 0 Å². The number of para-hydroxylation sites is 1. The van der Waals surface area contributed by atoms with Gasteiger partial charge in [0.25, 0.3) is 0 Å². The maximum atomic E-state index is 6.84. The zero-order valence-electron chi connectivity index (χ0n) is 30.7. The first-order valence-electron chi connectivity index (χ1n) is 17.7. The fraction of sp³-hybridized carbons (Fsp3) is 0.227. The fourth-order valence-corrected chi connectivity index (χ4v) is 7.22. The van der Waals surface area contributed by atoms with Crippen molar-refractivity contribution >= 4 is 45.8 Å². The van der Waals surface area contributed by atoms with E-state index in [-0.39, 0.29) is 17.9 Å². The van der Waals surface area contributed by atoms with Gasteiger partial charge in [-0.1, -0.05) is 89.1 Å². The van der Waals surface area contributed by atoms with Crippen molar-refractivity contribution < 1.29 is 9.39 Å². The molecule has 0 bridgehead atoms. The Morgan fingerprint density at radius 1 is 0.627 bits per heavy atom. The topological polar surface area (TPSA) is 52.4 Å². The van der Waals surface area contributed by atoms with E-state index in [9.17, 15) is 0 Å². The molecule has 0 aliphatic carbocycles. The lowest BCUT2D eigenvalue weighted by molar-refractivity contribution is 0.479. The number of hydrogen-bond acceptors (Lipinski definition) is 5. The average molecular weight is 671 g/mol. The predicted molar refractivity (Wildman–Crippen MR) is 211 cm³/mol. The van der Waals surface area contributed by atoms with E-state index in [0.29, 0.717) is 0 Å². The highest BCUT2D eigenvalue weighted by Gasteiger charge is 2.42. The van der Waals surface area contributed by atoms with Crippen molar-refractivity contribution in [2.24, 2.45) is 0 Å². The van der Waals surface area contributed by atoms with E-state index >= 15 is 0 Å². The van der Waals surface area contributed by atoms with Crippen LogP contribution in [0.3, 0.4) is 0 Å². The van der Waals surface area contributed by atoms with Crippen LogP contribution in [0.4, 0.5) is 11.5 Å². The Morgan fingerprint density at radius 2 is 1.37 bits per heavy atom. The normalized spacial score (nSPS) is 13.2. The van der Waals surface area contributed by atoms with Crippen molar-refractivity contribution in [3.8, 4) is 23.1 Å². The zero-order chi connectivity index (χ0) is 35.7. The van der Waals surface area contributed by atoms with Crippen molar-refractivity contribution in [3.63, 3.8) is 0 Å². The minimum Gasteiger partial charge on any atom is -0.535 e. The Morgan fingerprint density at radius 3 is 2.14 bits per heavy atom. The Bertz CT molecular complexity index is 2430. The number of aryl methyl sites for hydroxylation is 2. The molecule has 0 N–H and O–H groups in total. The number of fused-ring (bicyclic) bond motifs is 4. The van der Waals surface area contributed by atoms with E-state index in [1.165, 1.54) is 22.1 Å². The minimum atomic E-state index is -0.373. The van der Waals surface area contributed by atoms with Crippen LogP contribution in [0, 0.1) is 13.8 Å². The number of rotatable bonds is 5. The molecule has 0 spiro atoms. The number of nitrogens with zero attached hydrogens (tertiary/aromatic N) is 4. The number of anilines is 2. The maximum Gasteiger partial charge on any atom is 0.526 e. The maximum absolute atomic E-state index is 6.84. The molecule has 4 heterocycles. The molecule has 0 fully saturated rings. The lowest BCUT2D eigenvalue weighted by Gasteiger charge is -2.27. The van der Waals surface area contributed by atoms with E-state index in [0.717, 1.165) is 62.0 Å². The highest BCUT2D eigenvalue weighted by molar-refractivity contribution is 6.75. The van der Waals surface area contributed by atoms with Crippen molar-refractivity contribution in [1.82, 2.24) is 14.5 Å². The molecular weight excluding hydrogens is 627 g/mol. The highest BCUT2D eigenvalue weighted by atomic mass is 16.5. The van der Waals surface area contributed by atoms with Gasteiger partial charge in [0, 0.05) is 41.0 Å². The molecule has 7 aromatic rings. The molecule has 4 aromatic carbocycles. The summed E-state index contributed by atoms with van der Waals surface area (Å²) in [5.74, 6) is 3.93. The summed E-state index contributed by atoms with van der Waals surface area (Å²) in [6.07, 6.45) is 3.74. The van der Waals surface area contributed by atoms with Crippen LogP contribution in [0.5, 0.6) is 17.2 Å². The number of aromatic nitrogens is 3. The summed E-state index contributed by atoms with van der Waals surface area (Å²) in [5, 5.41) is 2.33. The summed E-state index contributed by atoms with van der Waals surface area (Å²) < 4.78 is 15.8. The highest BCUT2D eigenvalue weighted by Crippen LogP contribution is 2.43. The molecule has 0 amide bonds. The molecule has 7 heteroatoms. The molecular formula is C44H43BN4O2. The van der Waals surface area contributed by atoms with Gasteiger partial charge in [-0.25, -0.2) is 9.97 Å². The average Bonchev–Trinajstić information content (AvgIpc) is 3.63. The lowest BCUT2D eigenvalue weighted by atomic mass is 9.67. The van der Waals surface area contributed by atoms with Gasteiger partial charge in [-0.05, 0) is 95.9 Å². The van der Waals surface area contributed by atoms with E-state index in [1.54, 1.807) is 0 Å². The molecule has 0 atom stereocenters. The minimum absolute atomic E-state index is 0.00612. The Hall–Kier alpha value is -5.56. The van der Waals surface area contributed by atoms with Gasteiger partial charge >= 0.3 is 7.05 Å². The summed E-state index contributed by atoms with van der Waals surface area (Å²) in [7, 11) is -0.373. The fourth-order valence-electron chi connectivity index (χ4n) is 7.22. The summed E-state index contributed by atoms with van der Waals surface area (Å²) in [6.45, 7) is 17.7.